The van der Waals surface area contributed by atoms with Crippen LogP contribution in [-0.4, -0.2) is 44.1 Å². The number of rotatable bonds is 8. The van der Waals surface area contributed by atoms with Gasteiger partial charge in [-0.2, -0.15) is 16.9 Å². The molecule has 0 fully saturated rings. The van der Waals surface area contributed by atoms with E-state index >= 15 is 0 Å². The van der Waals surface area contributed by atoms with E-state index in [0.29, 0.717) is 23.1 Å². The minimum absolute atomic E-state index is 0.266. The number of carbonyl (C=O) groups excluding carboxylic acids is 1. The summed E-state index contributed by atoms with van der Waals surface area (Å²) in [5.41, 5.74) is 3.62. The first kappa shape index (κ1) is 22.6. The van der Waals surface area contributed by atoms with Crippen molar-refractivity contribution in [2.45, 2.75) is 11.5 Å². The Kier molecular flexibility index (Phi) is 6.79. The summed E-state index contributed by atoms with van der Waals surface area (Å²) in [6.45, 7) is 0. The van der Waals surface area contributed by atoms with E-state index in [9.17, 15) is 4.79 Å². The second-order valence-electron chi connectivity index (χ2n) is 7.16. The lowest BCUT2D eigenvalue weighted by Crippen LogP contribution is -2.13. The molecule has 1 aliphatic heterocycles. The molecule has 1 amide bonds. The molecule has 3 aromatic rings. The Labute approximate surface area is 196 Å². The quantitative estimate of drug-likeness (QED) is 0.495. The van der Waals surface area contributed by atoms with Gasteiger partial charge in [-0.3, -0.25) is 4.79 Å². The van der Waals surface area contributed by atoms with Gasteiger partial charge >= 0.3 is 0 Å². The smallest absolute Gasteiger partial charge is 0.249 e. The maximum atomic E-state index is 12.8. The fraction of sp³-hybridized carbons (Fsp3) is 0.250. The summed E-state index contributed by atoms with van der Waals surface area (Å²) in [7, 11) is 6.28. The summed E-state index contributed by atoms with van der Waals surface area (Å²) in [6.07, 6.45) is 3.17. The molecule has 1 N–H and O–H groups in total. The molecule has 33 heavy (non-hydrogen) atoms. The van der Waals surface area contributed by atoms with Crippen molar-refractivity contribution in [1.82, 2.24) is 9.78 Å². The average Bonchev–Trinajstić information content (AvgIpc) is 3.44. The molecule has 2 aromatic carbocycles. The zero-order valence-electron chi connectivity index (χ0n) is 18.9. The van der Waals surface area contributed by atoms with Gasteiger partial charge in [0, 0.05) is 23.1 Å². The van der Waals surface area contributed by atoms with Crippen LogP contribution in [0.4, 0.5) is 5.82 Å². The van der Waals surface area contributed by atoms with Gasteiger partial charge in [0.2, 0.25) is 11.7 Å². The van der Waals surface area contributed by atoms with Crippen LogP contribution < -0.4 is 24.3 Å². The van der Waals surface area contributed by atoms with Crippen molar-refractivity contribution in [3.63, 3.8) is 0 Å². The van der Waals surface area contributed by atoms with Crippen LogP contribution >= 0.6 is 11.8 Å². The van der Waals surface area contributed by atoms with Gasteiger partial charge in [-0.25, -0.2) is 4.68 Å². The minimum Gasteiger partial charge on any atom is -0.497 e. The molecule has 0 bridgehead atoms. The molecule has 0 radical (unpaired) electrons. The topological polar surface area (TPSA) is 83.8 Å². The van der Waals surface area contributed by atoms with E-state index in [1.165, 1.54) is 6.08 Å². The summed E-state index contributed by atoms with van der Waals surface area (Å²) >= 11 is 1.78. The van der Waals surface area contributed by atoms with Crippen LogP contribution in [0.15, 0.2) is 42.5 Å². The third-order valence-corrected chi connectivity index (χ3v) is 6.20. The fourth-order valence-electron chi connectivity index (χ4n) is 3.58. The highest BCUT2D eigenvalue weighted by Crippen LogP contribution is 2.39. The lowest BCUT2D eigenvalue weighted by molar-refractivity contribution is -0.111. The second-order valence-corrected chi connectivity index (χ2v) is 8.14. The van der Waals surface area contributed by atoms with Crippen molar-refractivity contribution in [2.75, 3.05) is 33.8 Å². The number of carbonyl (C=O) groups is 1. The standard InChI is InChI=1S/C24H25N3O5S/c1-29-17-8-6-16(7-9-17)27-24(18-13-33-14-19(18)26-27)25-22(28)10-5-15-11-20(30-2)23(32-4)21(12-15)31-3/h5-12H,13-14H2,1-4H3,(H,25,28). The molecule has 0 unspecified atom stereocenters. The Hall–Kier alpha value is -3.59. The highest BCUT2D eigenvalue weighted by atomic mass is 32.2. The number of ether oxygens (including phenoxy) is 4. The molecule has 1 aliphatic rings. The summed E-state index contributed by atoms with van der Waals surface area (Å²) in [5, 5.41) is 7.73. The van der Waals surface area contributed by atoms with Gasteiger partial charge in [-0.15, -0.1) is 0 Å². The molecule has 8 nitrogen and oxygen atoms in total. The zero-order valence-corrected chi connectivity index (χ0v) is 19.7. The van der Waals surface area contributed by atoms with E-state index in [4.69, 9.17) is 24.0 Å². The van der Waals surface area contributed by atoms with E-state index in [2.05, 4.69) is 5.32 Å². The number of hydrogen-bond acceptors (Lipinski definition) is 7. The van der Waals surface area contributed by atoms with Gasteiger partial charge in [0.25, 0.3) is 0 Å². The number of nitrogens with one attached hydrogen (secondary N) is 1. The number of benzene rings is 2. The maximum Gasteiger partial charge on any atom is 0.249 e. The molecule has 0 spiro atoms. The first-order chi connectivity index (χ1) is 16.1. The number of hydrogen-bond donors (Lipinski definition) is 1. The van der Waals surface area contributed by atoms with Crippen LogP contribution in [0.25, 0.3) is 11.8 Å². The number of fused-ring (bicyclic) bond motifs is 1. The van der Waals surface area contributed by atoms with Crippen LogP contribution in [0.1, 0.15) is 16.8 Å². The van der Waals surface area contributed by atoms with Crippen molar-refractivity contribution >= 4 is 29.6 Å². The van der Waals surface area contributed by atoms with Crippen molar-refractivity contribution in [3.8, 4) is 28.7 Å². The minimum atomic E-state index is -0.266. The Bertz CT molecular complexity index is 1160. The van der Waals surface area contributed by atoms with Crippen LogP contribution in [0.3, 0.4) is 0 Å². The number of anilines is 1. The Morgan fingerprint density at radius 1 is 1.00 bits per heavy atom. The first-order valence-electron chi connectivity index (χ1n) is 10.2. The molecule has 0 saturated heterocycles. The Balaban J connectivity index is 1.60. The molecule has 172 valence electrons. The van der Waals surface area contributed by atoms with E-state index in [0.717, 1.165) is 39.8 Å². The summed E-state index contributed by atoms with van der Waals surface area (Å²) < 4.78 is 23.1. The highest BCUT2D eigenvalue weighted by Gasteiger charge is 2.24. The molecule has 0 atom stereocenters. The SMILES string of the molecule is COc1ccc(-n2nc3c(c2NC(=O)C=Cc2cc(OC)c(OC)c(OC)c2)CSC3)cc1. The van der Waals surface area contributed by atoms with Gasteiger partial charge in [0.1, 0.15) is 11.6 Å². The molecule has 1 aromatic heterocycles. The van der Waals surface area contributed by atoms with E-state index in [1.807, 2.05) is 24.3 Å². The zero-order chi connectivity index (χ0) is 23.4. The number of aromatic nitrogens is 2. The molecule has 9 heteroatoms. The molecular weight excluding hydrogens is 442 g/mol. The largest absolute Gasteiger partial charge is 0.497 e. The van der Waals surface area contributed by atoms with E-state index in [1.54, 1.807) is 63.1 Å². The van der Waals surface area contributed by atoms with Gasteiger partial charge in [0.05, 0.1) is 39.8 Å². The molecular formula is C24H25N3O5S. The summed E-state index contributed by atoms with van der Waals surface area (Å²) in [6, 6.07) is 11.1. The normalized spacial score (nSPS) is 12.5. The Morgan fingerprint density at radius 3 is 2.30 bits per heavy atom. The third kappa shape index (κ3) is 4.63. The summed E-state index contributed by atoms with van der Waals surface area (Å²) in [5.74, 6) is 4.33. The molecule has 0 aliphatic carbocycles. The van der Waals surface area contributed by atoms with Crippen LogP contribution in [0, 0.1) is 0 Å². The van der Waals surface area contributed by atoms with Gasteiger partial charge in [-0.1, -0.05) is 0 Å². The van der Waals surface area contributed by atoms with Crippen molar-refractivity contribution in [1.29, 1.82) is 0 Å². The Morgan fingerprint density at radius 2 is 1.70 bits per heavy atom. The van der Waals surface area contributed by atoms with Crippen molar-refractivity contribution < 1.29 is 23.7 Å². The van der Waals surface area contributed by atoms with Crippen molar-refractivity contribution in [3.05, 3.63) is 59.3 Å². The van der Waals surface area contributed by atoms with Crippen LogP contribution in [0.5, 0.6) is 23.0 Å². The lowest BCUT2D eigenvalue weighted by atomic mass is 10.1. The predicted octanol–water partition coefficient (Wildman–Crippen LogP) is 4.31. The second kappa shape index (κ2) is 9.91. The van der Waals surface area contributed by atoms with Crippen LogP contribution in [0.2, 0.25) is 0 Å². The number of thioether (sulfide) groups is 1. The number of methoxy groups -OCH3 is 4. The van der Waals surface area contributed by atoms with Gasteiger partial charge in [0.15, 0.2) is 11.5 Å². The van der Waals surface area contributed by atoms with Gasteiger partial charge in [-0.05, 0) is 48.0 Å². The monoisotopic (exact) mass is 467 g/mol. The predicted molar refractivity (Wildman–Crippen MR) is 129 cm³/mol. The highest BCUT2D eigenvalue weighted by molar-refractivity contribution is 7.98. The van der Waals surface area contributed by atoms with E-state index < -0.39 is 0 Å². The number of amides is 1. The van der Waals surface area contributed by atoms with Crippen LogP contribution in [-0.2, 0) is 16.3 Å². The van der Waals surface area contributed by atoms with E-state index in [-0.39, 0.29) is 5.91 Å². The summed E-state index contributed by atoms with van der Waals surface area (Å²) in [4.78, 5) is 12.8. The third-order valence-electron chi connectivity index (χ3n) is 5.22. The first-order valence-corrected chi connectivity index (χ1v) is 11.4. The molecule has 2 heterocycles. The van der Waals surface area contributed by atoms with Crippen molar-refractivity contribution in [2.24, 2.45) is 0 Å². The number of nitrogens with zero attached hydrogens (tertiary/aromatic N) is 2. The molecule has 0 saturated carbocycles. The maximum absolute atomic E-state index is 12.8. The molecule has 4 rings (SSSR count). The van der Waals surface area contributed by atoms with Gasteiger partial charge < -0.3 is 24.3 Å². The fourth-order valence-corrected chi connectivity index (χ4v) is 4.61. The lowest BCUT2D eigenvalue weighted by Gasteiger charge is -2.13. The average molecular weight is 468 g/mol.